The summed E-state index contributed by atoms with van der Waals surface area (Å²) in [4.78, 5) is 11.7. The molecule has 100 valence electrons. The maximum Gasteiger partial charge on any atom is 0.254 e. The van der Waals surface area contributed by atoms with Gasteiger partial charge in [0.25, 0.3) is 5.91 Å². The molecule has 2 rings (SSSR count). The Morgan fingerprint density at radius 3 is 3.00 bits per heavy atom. The second-order valence-corrected chi connectivity index (χ2v) is 4.01. The molecule has 19 heavy (non-hydrogen) atoms. The number of furan rings is 1. The molecule has 2 aromatic rings. The number of carbonyl (C=O) groups is 1. The van der Waals surface area contributed by atoms with Crippen molar-refractivity contribution in [1.82, 2.24) is 5.32 Å². The molecular formula is C14H15NO4. The van der Waals surface area contributed by atoms with Gasteiger partial charge >= 0.3 is 0 Å². The molecule has 1 atom stereocenters. The van der Waals surface area contributed by atoms with Crippen molar-refractivity contribution in [2.45, 2.75) is 6.10 Å². The van der Waals surface area contributed by atoms with Crippen LogP contribution in [-0.4, -0.2) is 24.7 Å². The summed E-state index contributed by atoms with van der Waals surface area (Å²) in [5.74, 6) is 0.383. The highest BCUT2D eigenvalue weighted by molar-refractivity contribution is 5.93. The first-order valence-electron chi connectivity index (χ1n) is 5.83. The molecule has 1 aromatic carbocycles. The minimum Gasteiger partial charge on any atom is -0.497 e. The first-order chi connectivity index (χ1) is 9.20. The quantitative estimate of drug-likeness (QED) is 0.860. The Hall–Kier alpha value is -2.27. The summed E-state index contributed by atoms with van der Waals surface area (Å²) in [6.45, 7) is 0.122. The highest BCUT2D eigenvalue weighted by Crippen LogP contribution is 2.18. The van der Waals surface area contributed by atoms with Crippen LogP contribution in [-0.2, 0) is 0 Å². The maximum atomic E-state index is 11.7. The van der Waals surface area contributed by atoms with Crippen molar-refractivity contribution in [2.75, 3.05) is 13.7 Å². The summed E-state index contributed by atoms with van der Waals surface area (Å²) in [6.07, 6.45) is 1.99. The van der Waals surface area contributed by atoms with Crippen LogP contribution < -0.4 is 10.1 Å². The summed E-state index contributed by atoms with van der Waals surface area (Å²) >= 11 is 0. The molecule has 0 bridgehead atoms. The number of ether oxygens (including phenoxy) is 1. The van der Waals surface area contributed by atoms with E-state index >= 15 is 0 Å². The molecule has 1 aromatic heterocycles. The van der Waals surface area contributed by atoms with Crippen LogP contribution in [0.15, 0.2) is 47.3 Å². The van der Waals surface area contributed by atoms with E-state index in [4.69, 9.17) is 9.15 Å². The lowest BCUT2D eigenvalue weighted by Crippen LogP contribution is -2.28. The highest BCUT2D eigenvalue weighted by Gasteiger charge is 2.12. The fourth-order valence-electron chi connectivity index (χ4n) is 1.65. The van der Waals surface area contributed by atoms with E-state index in [0.717, 1.165) is 0 Å². The molecule has 0 saturated heterocycles. The van der Waals surface area contributed by atoms with E-state index in [-0.39, 0.29) is 12.5 Å². The van der Waals surface area contributed by atoms with E-state index in [0.29, 0.717) is 16.9 Å². The average Bonchev–Trinajstić information content (AvgIpc) is 2.98. The van der Waals surface area contributed by atoms with Gasteiger partial charge in [-0.15, -0.1) is 0 Å². The molecule has 0 aliphatic heterocycles. The second kappa shape index (κ2) is 6.06. The van der Waals surface area contributed by atoms with Crippen molar-refractivity contribution in [3.63, 3.8) is 0 Å². The summed E-state index contributed by atoms with van der Waals surface area (Å²) < 4.78 is 9.90. The van der Waals surface area contributed by atoms with Gasteiger partial charge in [0, 0.05) is 6.54 Å². The minimum atomic E-state index is -0.786. The zero-order valence-electron chi connectivity index (χ0n) is 10.5. The molecule has 1 amide bonds. The predicted octanol–water partition coefficient (Wildman–Crippen LogP) is 1.75. The fraction of sp³-hybridized carbons (Fsp3) is 0.214. The highest BCUT2D eigenvalue weighted by atomic mass is 16.5. The number of aliphatic hydroxyl groups is 1. The van der Waals surface area contributed by atoms with Crippen LogP contribution in [0.4, 0.5) is 0 Å². The monoisotopic (exact) mass is 261 g/mol. The standard InChI is InChI=1S/C14H15NO4/c1-18-12-4-2-3-10(7-12)13(16)8-15-14(17)11-5-6-19-9-11/h2-7,9,13,16H,8H2,1H3,(H,15,17). The van der Waals surface area contributed by atoms with Crippen molar-refractivity contribution in [2.24, 2.45) is 0 Å². The molecule has 0 spiro atoms. The third-order valence-corrected chi connectivity index (χ3v) is 2.72. The van der Waals surface area contributed by atoms with Crippen molar-refractivity contribution in [3.05, 3.63) is 54.0 Å². The molecule has 1 heterocycles. The minimum absolute atomic E-state index is 0.122. The third-order valence-electron chi connectivity index (χ3n) is 2.72. The summed E-state index contributed by atoms with van der Waals surface area (Å²) in [5, 5.41) is 12.6. The lowest BCUT2D eigenvalue weighted by molar-refractivity contribution is 0.0915. The Bertz CT molecular complexity index is 536. The number of amides is 1. The molecule has 2 N–H and O–H groups in total. The number of rotatable bonds is 5. The molecule has 5 heteroatoms. The van der Waals surface area contributed by atoms with E-state index in [1.165, 1.54) is 12.5 Å². The Labute approximate surface area is 110 Å². The van der Waals surface area contributed by atoms with E-state index in [1.54, 1.807) is 37.4 Å². The smallest absolute Gasteiger partial charge is 0.254 e. The lowest BCUT2D eigenvalue weighted by Gasteiger charge is -2.12. The van der Waals surface area contributed by atoms with Crippen LogP contribution in [0, 0.1) is 0 Å². The van der Waals surface area contributed by atoms with Gasteiger partial charge in [0.15, 0.2) is 0 Å². The first-order valence-corrected chi connectivity index (χ1v) is 5.83. The lowest BCUT2D eigenvalue weighted by atomic mass is 10.1. The molecule has 0 saturated carbocycles. The number of hydrogen-bond acceptors (Lipinski definition) is 4. The van der Waals surface area contributed by atoms with Crippen LogP contribution in [0.25, 0.3) is 0 Å². The molecule has 0 fully saturated rings. The van der Waals surface area contributed by atoms with Crippen LogP contribution in [0.2, 0.25) is 0 Å². The van der Waals surface area contributed by atoms with Gasteiger partial charge in [-0.05, 0) is 23.8 Å². The fourth-order valence-corrected chi connectivity index (χ4v) is 1.65. The number of hydrogen-bond donors (Lipinski definition) is 2. The van der Waals surface area contributed by atoms with Gasteiger partial charge in [0.05, 0.1) is 25.0 Å². The van der Waals surface area contributed by atoms with Gasteiger partial charge in [-0.1, -0.05) is 12.1 Å². The van der Waals surface area contributed by atoms with Crippen LogP contribution in [0.1, 0.15) is 22.0 Å². The molecule has 1 unspecified atom stereocenters. The SMILES string of the molecule is COc1cccc(C(O)CNC(=O)c2ccoc2)c1. The van der Waals surface area contributed by atoms with Gasteiger partial charge in [-0.2, -0.15) is 0 Å². The Morgan fingerprint density at radius 2 is 2.32 bits per heavy atom. The summed E-state index contributed by atoms with van der Waals surface area (Å²) in [5.41, 5.74) is 1.12. The largest absolute Gasteiger partial charge is 0.497 e. The topological polar surface area (TPSA) is 71.7 Å². The van der Waals surface area contributed by atoms with Crippen molar-refractivity contribution < 1.29 is 19.1 Å². The summed E-state index contributed by atoms with van der Waals surface area (Å²) in [7, 11) is 1.56. The molecular weight excluding hydrogens is 246 g/mol. The van der Waals surface area contributed by atoms with Gasteiger partial charge in [0.1, 0.15) is 12.0 Å². The first kappa shape index (κ1) is 13.2. The van der Waals surface area contributed by atoms with Crippen molar-refractivity contribution in [1.29, 1.82) is 0 Å². The molecule has 0 radical (unpaired) electrons. The number of carbonyl (C=O) groups excluding carboxylic acids is 1. The zero-order chi connectivity index (χ0) is 13.7. The van der Waals surface area contributed by atoms with Gasteiger partial charge in [-0.3, -0.25) is 4.79 Å². The third kappa shape index (κ3) is 3.35. The molecule has 0 aliphatic rings. The normalized spacial score (nSPS) is 11.9. The van der Waals surface area contributed by atoms with E-state index < -0.39 is 6.10 Å². The summed E-state index contributed by atoms with van der Waals surface area (Å²) in [6, 6.07) is 8.65. The van der Waals surface area contributed by atoms with Crippen molar-refractivity contribution in [3.8, 4) is 5.75 Å². The van der Waals surface area contributed by atoms with Crippen LogP contribution >= 0.6 is 0 Å². The zero-order valence-corrected chi connectivity index (χ0v) is 10.5. The van der Waals surface area contributed by atoms with E-state index in [9.17, 15) is 9.90 Å². The Morgan fingerprint density at radius 1 is 1.47 bits per heavy atom. The van der Waals surface area contributed by atoms with Gasteiger partial charge in [-0.25, -0.2) is 0 Å². The van der Waals surface area contributed by atoms with Gasteiger partial charge in [0.2, 0.25) is 0 Å². The number of benzene rings is 1. The Kier molecular flexibility index (Phi) is 4.20. The number of nitrogens with one attached hydrogen (secondary N) is 1. The predicted molar refractivity (Wildman–Crippen MR) is 69.0 cm³/mol. The van der Waals surface area contributed by atoms with Crippen LogP contribution in [0.5, 0.6) is 5.75 Å². The Balaban J connectivity index is 1.93. The van der Waals surface area contributed by atoms with Gasteiger partial charge < -0.3 is 19.6 Å². The average molecular weight is 261 g/mol. The number of methoxy groups -OCH3 is 1. The van der Waals surface area contributed by atoms with Crippen molar-refractivity contribution >= 4 is 5.91 Å². The van der Waals surface area contributed by atoms with E-state index in [1.807, 2.05) is 0 Å². The molecule has 5 nitrogen and oxygen atoms in total. The maximum absolute atomic E-state index is 11.7. The molecule has 0 aliphatic carbocycles. The second-order valence-electron chi connectivity index (χ2n) is 4.01. The van der Waals surface area contributed by atoms with Crippen LogP contribution in [0.3, 0.4) is 0 Å². The van der Waals surface area contributed by atoms with E-state index in [2.05, 4.69) is 5.32 Å². The number of aliphatic hydroxyl groups excluding tert-OH is 1.